The van der Waals surface area contributed by atoms with Crippen LogP contribution in [0.15, 0.2) is 53.0 Å². The number of allylic oxidation sites excluding steroid dienone is 2. The highest BCUT2D eigenvalue weighted by Gasteiger charge is 2.47. The number of aryl methyl sites for hydroxylation is 2. The molecule has 0 saturated carbocycles. The molecule has 0 spiro atoms. The fraction of sp³-hybridized carbons (Fsp3) is 0.280. The highest BCUT2D eigenvalue weighted by molar-refractivity contribution is 9.10. The summed E-state index contributed by atoms with van der Waals surface area (Å²) >= 11 is 3.48. The Hall–Kier alpha value is -3.26. The summed E-state index contributed by atoms with van der Waals surface area (Å²) in [6.07, 6.45) is 5.00. The van der Waals surface area contributed by atoms with E-state index < -0.39 is 18.5 Å². The van der Waals surface area contributed by atoms with E-state index in [2.05, 4.69) is 21.2 Å². The van der Waals surface area contributed by atoms with Crippen LogP contribution in [0.5, 0.6) is 0 Å². The molecule has 1 aliphatic heterocycles. The summed E-state index contributed by atoms with van der Waals surface area (Å²) in [6, 6.07) is 9.70. The maximum Gasteiger partial charge on any atom is 0.338 e. The Labute approximate surface area is 199 Å². The van der Waals surface area contributed by atoms with E-state index in [0.717, 1.165) is 15.6 Å². The minimum atomic E-state index is -0.670. The summed E-state index contributed by atoms with van der Waals surface area (Å²) in [5.41, 5.74) is 3.23. The number of esters is 1. The number of imide groups is 1. The van der Waals surface area contributed by atoms with Gasteiger partial charge in [0.25, 0.3) is 5.91 Å². The minimum absolute atomic E-state index is 0.209. The molecule has 4 rings (SSSR count). The number of hydrogen-bond donors (Lipinski definition) is 1. The third kappa shape index (κ3) is 4.61. The van der Waals surface area contributed by atoms with E-state index in [9.17, 15) is 19.2 Å². The fourth-order valence-electron chi connectivity index (χ4n) is 4.23. The molecule has 2 aromatic carbocycles. The SMILES string of the molecule is Cc1cc(NC(=O)COC(=O)c2ccc(N3C(=O)[C@@H]4CC=CC[C@H]4C3=O)cc2)cc(C)c1Br. The first kappa shape index (κ1) is 22.9. The highest BCUT2D eigenvalue weighted by atomic mass is 79.9. The number of halogens is 1. The molecule has 7 nitrogen and oxygen atoms in total. The lowest BCUT2D eigenvalue weighted by Crippen LogP contribution is -2.30. The van der Waals surface area contributed by atoms with E-state index in [4.69, 9.17) is 4.74 Å². The van der Waals surface area contributed by atoms with Gasteiger partial charge in [0.15, 0.2) is 6.61 Å². The topological polar surface area (TPSA) is 92.8 Å². The van der Waals surface area contributed by atoms with Gasteiger partial charge in [-0.25, -0.2) is 4.79 Å². The van der Waals surface area contributed by atoms with Crippen LogP contribution in [0.1, 0.15) is 34.3 Å². The summed E-state index contributed by atoms with van der Waals surface area (Å²) in [4.78, 5) is 51.1. The maximum atomic E-state index is 12.7. The average molecular weight is 511 g/mol. The summed E-state index contributed by atoms with van der Waals surface area (Å²) in [5.74, 6) is -2.17. The zero-order valence-corrected chi connectivity index (χ0v) is 19.8. The minimum Gasteiger partial charge on any atom is -0.452 e. The van der Waals surface area contributed by atoms with E-state index >= 15 is 0 Å². The van der Waals surface area contributed by atoms with E-state index in [-0.39, 0.29) is 29.2 Å². The molecule has 1 N–H and O–H groups in total. The van der Waals surface area contributed by atoms with Gasteiger partial charge in [0.2, 0.25) is 11.8 Å². The molecule has 3 amide bonds. The summed E-state index contributed by atoms with van der Waals surface area (Å²) in [7, 11) is 0. The average Bonchev–Trinajstić information content (AvgIpc) is 3.06. The van der Waals surface area contributed by atoms with Gasteiger partial charge in [0, 0.05) is 10.2 Å². The number of carbonyl (C=O) groups is 4. The zero-order chi connectivity index (χ0) is 23.7. The van der Waals surface area contributed by atoms with Gasteiger partial charge in [0.05, 0.1) is 23.1 Å². The Morgan fingerprint density at radius 2 is 1.55 bits per heavy atom. The molecule has 1 heterocycles. The number of carbonyl (C=O) groups excluding carboxylic acids is 4. The van der Waals surface area contributed by atoms with Crippen molar-refractivity contribution in [2.75, 3.05) is 16.8 Å². The molecular formula is C25H23BrN2O5. The van der Waals surface area contributed by atoms with Crippen LogP contribution in [-0.4, -0.2) is 30.3 Å². The van der Waals surface area contributed by atoms with Gasteiger partial charge in [-0.1, -0.05) is 28.1 Å². The molecule has 2 atom stereocenters. The molecule has 2 aliphatic rings. The fourth-order valence-corrected chi connectivity index (χ4v) is 4.46. The lowest BCUT2D eigenvalue weighted by molar-refractivity contribution is -0.122. The predicted octanol–water partition coefficient (Wildman–Crippen LogP) is 4.32. The zero-order valence-electron chi connectivity index (χ0n) is 18.3. The molecule has 0 radical (unpaired) electrons. The smallest absolute Gasteiger partial charge is 0.338 e. The van der Waals surface area contributed by atoms with Gasteiger partial charge in [0.1, 0.15) is 0 Å². The predicted molar refractivity (Wildman–Crippen MR) is 127 cm³/mol. The maximum absolute atomic E-state index is 12.7. The second kappa shape index (κ2) is 9.31. The van der Waals surface area contributed by atoms with Crippen molar-refractivity contribution >= 4 is 51.0 Å². The number of nitrogens with zero attached hydrogens (tertiary/aromatic N) is 1. The normalized spacial score (nSPS) is 19.4. The van der Waals surface area contributed by atoms with E-state index in [1.807, 2.05) is 38.1 Å². The number of rotatable bonds is 5. The van der Waals surface area contributed by atoms with E-state index in [1.165, 1.54) is 17.0 Å². The largest absolute Gasteiger partial charge is 0.452 e. The number of amides is 3. The summed E-state index contributed by atoms with van der Waals surface area (Å²) in [5, 5.41) is 2.71. The molecule has 1 aliphatic carbocycles. The van der Waals surface area contributed by atoms with Crippen molar-refractivity contribution in [1.29, 1.82) is 0 Å². The standard InChI is InChI=1S/C25H23BrN2O5/c1-14-11-17(12-15(2)22(14)26)27-21(29)13-33-25(32)16-7-9-18(10-8-16)28-23(30)19-5-3-4-6-20(19)24(28)31/h3-4,7-12,19-20H,5-6,13H2,1-2H3,(H,27,29)/t19-,20-/m1/s1. The van der Waals surface area contributed by atoms with Gasteiger partial charge in [-0.2, -0.15) is 0 Å². The van der Waals surface area contributed by atoms with Crippen LogP contribution in [0, 0.1) is 25.7 Å². The lowest BCUT2D eigenvalue weighted by Gasteiger charge is -2.15. The number of anilines is 2. The van der Waals surface area contributed by atoms with Crippen LogP contribution in [0.3, 0.4) is 0 Å². The molecule has 8 heteroatoms. The van der Waals surface area contributed by atoms with Crippen molar-refractivity contribution in [2.24, 2.45) is 11.8 Å². The molecule has 170 valence electrons. The van der Waals surface area contributed by atoms with Crippen LogP contribution in [-0.2, 0) is 19.1 Å². The number of benzene rings is 2. The molecule has 1 saturated heterocycles. The Balaban J connectivity index is 1.35. The highest BCUT2D eigenvalue weighted by Crippen LogP contribution is 2.37. The first-order valence-corrected chi connectivity index (χ1v) is 11.4. The van der Waals surface area contributed by atoms with Crippen LogP contribution in [0.25, 0.3) is 0 Å². The molecular weight excluding hydrogens is 488 g/mol. The molecule has 0 aromatic heterocycles. The summed E-state index contributed by atoms with van der Waals surface area (Å²) in [6.45, 7) is 3.41. The quantitative estimate of drug-likeness (QED) is 0.367. The van der Waals surface area contributed by atoms with Crippen LogP contribution in [0.4, 0.5) is 11.4 Å². The molecule has 0 bridgehead atoms. The van der Waals surface area contributed by atoms with Crippen molar-refractivity contribution in [3.05, 3.63) is 69.7 Å². The second-order valence-electron chi connectivity index (χ2n) is 8.26. The first-order chi connectivity index (χ1) is 15.8. The van der Waals surface area contributed by atoms with Crippen molar-refractivity contribution in [1.82, 2.24) is 0 Å². The lowest BCUT2D eigenvalue weighted by atomic mass is 9.85. The van der Waals surface area contributed by atoms with Crippen LogP contribution < -0.4 is 10.2 Å². The molecule has 33 heavy (non-hydrogen) atoms. The molecule has 1 fully saturated rings. The van der Waals surface area contributed by atoms with Gasteiger partial charge >= 0.3 is 5.97 Å². The van der Waals surface area contributed by atoms with Gasteiger partial charge < -0.3 is 10.1 Å². The number of nitrogens with one attached hydrogen (secondary N) is 1. The number of hydrogen-bond acceptors (Lipinski definition) is 5. The van der Waals surface area contributed by atoms with E-state index in [1.54, 1.807) is 12.1 Å². The van der Waals surface area contributed by atoms with Crippen LogP contribution >= 0.6 is 15.9 Å². The number of ether oxygens (including phenoxy) is 1. The van der Waals surface area contributed by atoms with Crippen molar-refractivity contribution in [3.8, 4) is 0 Å². The Morgan fingerprint density at radius 3 is 2.09 bits per heavy atom. The van der Waals surface area contributed by atoms with Crippen LogP contribution in [0.2, 0.25) is 0 Å². The first-order valence-electron chi connectivity index (χ1n) is 10.6. The van der Waals surface area contributed by atoms with Gasteiger partial charge in [-0.05, 0) is 74.2 Å². The summed E-state index contributed by atoms with van der Waals surface area (Å²) < 4.78 is 6.09. The van der Waals surface area contributed by atoms with Crippen molar-refractivity contribution in [3.63, 3.8) is 0 Å². The third-order valence-corrected chi connectivity index (χ3v) is 7.17. The van der Waals surface area contributed by atoms with E-state index in [0.29, 0.717) is 24.2 Å². The Bertz CT molecular complexity index is 1120. The Morgan fingerprint density at radius 1 is 1.00 bits per heavy atom. The van der Waals surface area contributed by atoms with Crippen molar-refractivity contribution in [2.45, 2.75) is 26.7 Å². The van der Waals surface area contributed by atoms with Gasteiger partial charge in [-0.3, -0.25) is 19.3 Å². The van der Waals surface area contributed by atoms with Gasteiger partial charge in [-0.15, -0.1) is 0 Å². The molecule has 2 aromatic rings. The molecule has 0 unspecified atom stereocenters. The second-order valence-corrected chi connectivity index (χ2v) is 9.06. The van der Waals surface area contributed by atoms with Crippen molar-refractivity contribution < 1.29 is 23.9 Å². The third-order valence-electron chi connectivity index (χ3n) is 5.92. The number of fused-ring (bicyclic) bond motifs is 1. The monoisotopic (exact) mass is 510 g/mol. The Kier molecular flexibility index (Phi) is 6.47.